The molecule has 1 saturated heterocycles. The van der Waals surface area contributed by atoms with Crippen molar-refractivity contribution in [3.63, 3.8) is 0 Å². The number of aryl methyl sites for hydroxylation is 1. The van der Waals surface area contributed by atoms with Gasteiger partial charge < -0.3 is 25.8 Å². The van der Waals surface area contributed by atoms with E-state index in [2.05, 4.69) is 20.5 Å². The van der Waals surface area contributed by atoms with Crippen molar-refractivity contribution in [2.24, 2.45) is 5.73 Å². The maximum Gasteiger partial charge on any atom is 0.430 e. The molecular weight excluding hydrogens is 577 g/mol. The Morgan fingerprint density at radius 2 is 1.67 bits per heavy atom. The second-order valence-corrected chi connectivity index (χ2v) is 11.6. The van der Waals surface area contributed by atoms with Crippen molar-refractivity contribution in [2.75, 3.05) is 29.0 Å². The molecule has 3 fully saturated rings. The van der Waals surface area contributed by atoms with Gasteiger partial charge in [0.25, 0.3) is 0 Å². The first kappa shape index (κ1) is 32.1. The summed E-state index contributed by atoms with van der Waals surface area (Å²) in [4.78, 5) is 32.6. The normalized spacial score (nSPS) is 21.8. The molecule has 0 bridgehead atoms. The number of imidazole rings is 1. The third-order valence-corrected chi connectivity index (χ3v) is 8.52. The molecular formula is C29H43Cl2N9O2. The van der Waals surface area contributed by atoms with E-state index >= 15 is 0 Å². The van der Waals surface area contributed by atoms with Crippen molar-refractivity contribution in [3.05, 3.63) is 36.2 Å². The van der Waals surface area contributed by atoms with Crippen molar-refractivity contribution in [1.82, 2.24) is 24.6 Å². The van der Waals surface area contributed by atoms with Gasteiger partial charge in [-0.15, -0.1) is 29.9 Å². The van der Waals surface area contributed by atoms with Crippen LogP contribution in [0.5, 0.6) is 0 Å². The minimum absolute atomic E-state index is 0. The van der Waals surface area contributed by atoms with Crippen molar-refractivity contribution >= 4 is 59.5 Å². The third kappa shape index (κ3) is 7.75. The topological polar surface area (TPSA) is 135 Å². The smallest absolute Gasteiger partial charge is 0.365 e. The first-order valence-electron chi connectivity index (χ1n) is 14.8. The molecule has 230 valence electrons. The van der Waals surface area contributed by atoms with Gasteiger partial charge in [-0.05, 0) is 76.0 Å². The third-order valence-electron chi connectivity index (χ3n) is 8.52. The Balaban J connectivity index is 0.00000202. The van der Waals surface area contributed by atoms with E-state index in [1.807, 2.05) is 37.5 Å². The summed E-state index contributed by atoms with van der Waals surface area (Å²) in [5.74, 6) is 1.43. The zero-order valence-corrected chi connectivity index (χ0v) is 25.8. The number of aromatic nitrogens is 4. The van der Waals surface area contributed by atoms with Crippen LogP contribution in [0.1, 0.15) is 75.8 Å². The molecule has 1 aromatic carbocycles. The van der Waals surface area contributed by atoms with Crippen LogP contribution in [0, 0.1) is 6.92 Å². The van der Waals surface area contributed by atoms with E-state index in [4.69, 9.17) is 25.5 Å². The van der Waals surface area contributed by atoms with E-state index in [1.54, 1.807) is 5.06 Å². The van der Waals surface area contributed by atoms with Crippen LogP contribution in [-0.2, 0) is 4.84 Å². The molecule has 11 nitrogen and oxygen atoms in total. The highest BCUT2D eigenvalue weighted by Crippen LogP contribution is 2.34. The molecule has 0 atom stereocenters. The van der Waals surface area contributed by atoms with E-state index in [1.165, 1.54) is 12.8 Å². The zero-order valence-electron chi connectivity index (χ0n) is 24.1. The van der Waals surface area contributed by atoms with Gasteiger partial charge in [0, 0.05) is 42.9 Å². The lowest BCUT2D eigenvalue weighted by atomic mass is 9.92. The summed E-state index contributed by atoms with van der Waals surface area (Å²) >= 11 is 0. The number of hydrogen-bond donors (Lipinski definition) is 4. The van der Waals surface area contributed by atoms with Crippen LogP contribution in [0.3, 0.4) is 0 Å². The molecule has 6 rings (SSSR count). The molecule has 3 aromatic rings. The highest BCUT2D eigenvalue weighted by molar-refractivity contribution is 5.86. The van der Waals surface area contributed by atoms with Gasteiger partial charge in [0.1, 0.15) is 0 Å². The Hall–Kier alpha value is -2.86. The van der Waals surface area contributed by atoms with Crippen LogP contribution in [0.15, 0.2) is 30.6 Å². The summed E-state index contributed by atoms with van der Waals surface area (Å²) in [5, 5.41) is 11.8. The monoisotopic (exact) mass is 619 g/mol. The summed E-state index contributed by atoms with van der Waals surface area (Å²) in [6.45, 7) is 3.26. The van der Waals surface area contributed by atoms with E-state index in [-0.39, 0.29) is 30.9 Å². The van der Waals surface area contributed by atoms with Gasteiger partial charge in [-0.2, -0.15) is 9.97 Å². The first-order valence-corrected chi connectivity index (χ1v) is 14.8. The van der Waals surface area contributed by atoms with Gasteiger partial charge in [-0.1, -0.05) is 25.0 Å². The molecule has 3 heterocycles. The van der Waals surface area contributed by atoms with Crippen LogP contribution in [0.25, 0.3) is 11.2 Å². The molecule has 13 heteroatoms. The lowest BCUT2D eigenvalue weighted by Crippen LogP contribution is -2.41. The Morgan fingerprint density at radius 1 is 0.952 bits per heavy atom. The van der Waals surface area contributed by atoms with Crippen LogP contribution < -0.4 is 21.7 Å². The fraction of sp³-hybridized carbons (Fsp3) is 0.586. The number of amides is 1. The summed E-state index contributed by atoms with van der Waals surface area (Å²) in [6, 6.07) is 8.94. The highest BCUT2D eigenvalue weighted by atomic mass is 35.5. The molecule has 2 aliphatic carbocycles. The number of hydrogen-bond acceptors (Lipinski definition) is 9. The van der Waals surface area contributed by atoms with Crippen LogP contribution >= 0.6 is 24.8 Å². The second-order valence-electron chi connectivity index (χ2n) is 11.6. The standard InChI is InChI=1S/C29H41N9O2.2ClH/c1-19-5-4-6-23(17-19)34-29(39)40-37-15-13-22(14-16-37)32-26-25-27(38(18-31-25)24-7-2-3-8-24)36-28(35-26)33-21-11-9-20(30)10-12-21;;/h4-6,17-18,20-22,24H,2-3,7-16,30H2,1H3,(H,34,39)(H2,32,33,35,36);2*1H/t20-,21-;;. The lowest BCUT2D eigenvalue weighted by molar-refractivity contribution is -0.106. The van der Waals surface area contributed by atoms with Gasteiger partial charge in [0.2, 0.25) is 5.95 Å². The number of carbonyl (C=O) groups is 1. The quantitative estimate of drug-likeness (QED) is 0.258. The van der Waals surface area contributed by atoms with Gasteiger partial charge in [-0.3, -0.25) is 5.32 Å². The minimum atomic E-state index is -0.466. The van der Waals surface area contributed by atoms with E-state index in [0.29, 0.717) is 37.2 Å². The van der Waals surface area contributed by atoms with Crippen LogP contribution in [-0.4, -0.2) is 61.9 Å². The van der Waals surface area contributed by atoms with Crippen molar-refractivity contribution < 1.29 is 9.63 Å². The Labute approximate surface area is 259 Å². The lowest BCUT2D eigenvalue weighted by Gasteiger charge is -2.31. The molecule has 3 aliphatic rings. The predicted molar refractivity (Wildman–Crippen MR) is 171 cm³/mol. The largest absolute Gasteiger partial charge is 0.430 e. The van der Waals surface area contributed by atoms with Crippen molar-refractivity contribution in [2.45, 2.75) is 95.3 Å². The highest BCUT2D eigenvalue weighted by Gasteiger charge is 2.27. The minimum Gasteiger partial charge on any atom is -0.365 e. The van der Waals surface area contributed by atoms with Gasteiger partial charge in [0.15, 0.2) is 17.0 Å². The second kappa shape index (κ2) is 14.5. The molecule has 42 heavy (non-hydrogen) atoms. The first-order chi connectivity index (χ1) is 19.5. The fourth-order valence-electron chi connectivity index (χ4n) is 6.24. The summed E-state index contributed by atoms with van der Waals surface area (Å²) < 4.78 is 2.25. The molecule has 1 amide bonds. The molecule has 1 aliphatic heterocycles. The number of fused-ring (bicyclic) bond motifs is 1. The maximum atomic E-state index is 12.4. The van der Waals surface area contributed by atoms with E-state index in [0.717, 1.165) is 79.6 Å². The molecule has 0 radical (unpaired) electrons. The van der Waals surface area contributed by atoms with Crippen LogP contribution in [0.2, 0.25) is 0 Å². The average Bonchev–Trinajstić information content (AvgIpc) is 3.61. The predicted octanol–water partition coefficient (Wildman–Crippen LogP) is 5.82. The number of piperidine rings is 1. The molecule has 2 saturated carbocycles. The van der Waals surface area contributed by atoms with E-state index in [9.17, 15) is 4.79 Å². The Kier molecular flexibility index (Phi) is 11.1. The number of hydroxylamine groups is 2. The maximum absolute atomic E-state index is 12.4. The van der Waals surface area contributed by atoms with Crippen LogP contribution in [0.4, 0.5) is 22.2 Å². The summed E-state index contributed by atoms with van der Waals surface area (Å²) in [6.07, 6.45) is 12.0. The number of nitrogens with two attached hydrogens (primary N) is 1. The Bertz CT molecular complexity index is 1320. The summed E-state index contributed by atoms with van der Waals surface area (Å²) in [5.41, 5.74) is 9.65. The SMILES string of the molecule is Cc1cccc(NC(=O)ON2CCC(Nc3nc(N[C@H]4CC[C@H](N)CC4)nc4c3ncn4C3CCCC3)CC2)c1.Cl.Cl. The number of halogens is 2. The molecule has 0 unspecified atom stereocenters. The average molecular weight is 621 g/mol. The molecule has 0 spiro atoms. The number of carbonyl (C=O) groups excluding carboxylic acids is 1. The zero-order chi connectivity index (χ0) is 27.5. The molecule has 2 aromatic heterocycles. The number of rotatable bonds is 7. The number of nitrogens with one attached hydrogen (secondary N) is 3. The number of benzene rings is 1. The van der Waals surface area contributed by atoms with Gasteiger partial charge in [-0.25, -0.2) is 9.78 Å². The number of nitrogens with zero attached hydrogens (tertiary/aromatic N) is 5. The van der Waals surface area contributed by atoms with Crippen molar-refractivity contribution in [3.8, 4) is 0 Å². The van der Waals surface area contributed by atoms with Gasteiger partial charge >= 0.3 is 6.09 Å². The van der Waals surface area contributed by atoms with Gasteiger partial charge in [0.05, 0.1) is 6.33 Å². The number of anilines is 3. The van der Waals surface area contributed by atoms with Crippen molar-refractivity contribution in [1.29, 1.82) is 0 Å². The molecule has 5 N–H and O–H groups in total. The summed E-state index contributed by atoms with van der Waals surface area (Å²) in [7, 11) is 0. The Morgan fingerprint density at radius 3 is 2.38 bits per heavy atom. The fourth-order valence-corrected chi connectivity index (χ4v) is 6.24. The van der Waals surface area contributed by atoms with E-state index < -0.39 is 6.09 Å².